The third-order valence-electron chi connectivity index (χ3n) is 3.02. The lowest BCUT2D eigenvalue weighted by Gasteiger charge is -2.10. The quantitative estimate of drug-likeness (QED) is 0.673. The molecule has 1 aromatic rings. The van der Waals surface area contributed by atoms with Gasteiger partial charge in [-0.05, 0) is 31.9 Å². The summed E-state index contributed by atoms with van der Waals surface area (Å²) in [6, 6.07) is 3.10. The molecule has 2 heterocycles. The fraction of sp³-hybridized carbons (Fsp3) is 0.462. The first-order valence-corrected chi connectivity index (χ1v) is 6.47. The molecule has 2 rings (SSSR count). The smallest absolute Gasteiger partial charge is 0.313 e. The van der Waals surface area contributed by atoms with Crippen LogP contribution in [0, 0.1) is 6.92 Å². The molecule has 0 aromatic carbocycles. The van der Waals surface area contributed by atoms with Crippen LogP contribution in [0.5, 0.6) is 0 Å². The second-order valence-electron chi connectivity index (χ2n) is 4.68. The number of nitrogens with one attached hydrogen (secondary N) is 3. The van der Waals surface area contributed by atoms with E-state index in [4.69, 9.17) is 4.74 Å². The average molecular weight is 279 g/mol. The maximum atomic E-state index is 11.6. The molecule has 0 unspecified atom stereocenters. The van der Waals surface area contributed by atoms with Gasteiger partial charge in [0.15, 0.2) is 0 Å². The Morgan fingerprint density at radius 2 is 2.20 bits per heavy atom. The van der Waals surface area contributed by atoms with E-state index >= 15 is 0 Å². The number of amides is 2. The molecular formula is C13H17N3O4. The van der Waals surface area contributed by atoms with Crippen LogP contribution >= 0.6 is 0 Å². The van der Waals surface area contributed by atoms with Gasteiger partial charge in [0.2, 0.25) is 0 Å². The fourth-order valence-electron chi connectivity index (χ4n) is 1.94. The second kappa shape index (κ2) is 6.33. The molecule has 0 radical (unpaired) electrons. The Bertz CT molecular complexity index is 561. The van der Waals surface area contributed by atoms with Gasteiger partial charge in [-0.2, -0.15) is 0 Å². The minimum atomic E-state index is -0.864. The van der Waals surface area contributed by atoms with Crippen molar-refractivity contribution in [3.05, 3.63) is 28.2 Å². The lowest BCUT2D eigenvalue weighted by atomic mass is 10.2. The van der Waals surface area contributed by atoms with Crippen molar-refractivity contribution >= 4 is 17.5 Å². The van der Waals surface area contributed by atoms with Gasteiger partial charge in [-0.3, -0.25) is 14.4 Å². The van der Waals surface area contributed by atoms with Crippen LogP contribution in [0.2, 0.25) is 0 Å². The zero-order chi connectivity index (χ0) is 14.5. The van der Waals surface area contributed by atoms with Crippen molar-refractivity contribution in [3.63, 3.8) is 0 Å². The van der Waals surface area contributed by atoms with Crippen LogP contribution in [0.15, 0.2) is 16.9 Å². The van der Waals surface area contributed by atoms with Gasteiger partial charge in [0.25, 0.3) is 5.56 Å². The number of anilines is 1. The molecule has 7 nitrogen and oxygen atoms in total. The maximum absolute atomic E-state index is 11.6. The molecule has 7 heteroatoms. The van der Waals surface area contributed by atoms with Crippen molar-refractivity contribution in [3.8, 4) is 0 Å². The molecule has 0 bridgehead atoms. The van der Waals surface area contributed by atoms with Crippen LogP contribution in [-0.2, 0) is 14.3 Å². The van der Waals surface area contributed by atoms with E-state index in [0.717, 1.165) is 12.8 Å². The summed E-state index contributed by atoms with van der Waals surface area (Å²) in [7, 11) is 0. The SMILES string of the molecule is Cc1ccc(NC(=O)C(=O)NC[C@@H]2CCCO2)c(=O)[nH]1. The third-order valence-corrected chi connectivity index (χ3v) is 3.02. The maximum Gasteiger partial charge on any atom is 0.313 e. The standard InChI is InChI=1S/C13H17N3O4/c1-8-4-5-10(11(17)15-8)16-13(19)12(18)14-7-9-3-2-6-20-9/h4-5,9H,2-3,6-7H2,1H3,(H,14,18)(H,15,17)(H,16,19)/t9-/m0/s1. The first-order valence-electron chi connectivity index (χ1n) is 6.47. The van der Waals surface area contributed by atoms with Crippen LogP contribution in [0.3, 0.4) is 0 Å². The Balaban J connectivity index is 1.87. The Labute approximate surface area is 115 Å². The molecule has 20 heavy (non-hydrogen) atoms. The van der Waals surface area contributed by atoms with E-state index in [1.165, 1.54) is 6.07 Å². The first kappa shape index (κ1) is 14.3. The number of aromatic nitrogens is 1. The van der Waals surface area contributed by atoms with E-state index < -0.39 is 17.4 Å². The molecule has 0 aliphatic carbocycles. The van der Waals surface area contributed by atoms with Gasteiger partial charge < -0.3 is 20.4 Å². The Kier molecular flexibility index (Phi) is 4.52. The summed E-state index contributed by atoms with van der Waals surface area (Å²) in [5.74, 6) is -1.64. The van der Waals surface area contributed by atoms with Crippen molar-refractivity contribution in [2.75, 3.05) is 18.5 Å². The summed E-state index contributed by atoms with van der Waals surface area (Å²) in [5, 5.41) is 4.76. The number of hydrogen-bond acceptors (Lipinski definition) is 4. The van der Waals surface area contributed by atoms with Crippen molar-refractivity contribution < 1.29 is 14.3 Å². The van der Waals surface area contributed by atoms with Crippen molar-refractivity contribution in [2.45, 2.75) is 25.9 Å². The highest BCUT2D eigenvalue weighted by molar-refractivity contribution is 6.39. The summed E-state index contributed by atoms with van der Waals surface area (Å²) in [5.41, 5.74) is 0.286. The van der Waals surface area contributed by atoms with Crippen LogP contribution in [-0.4, -0.2) is 36.1 Å². The molecule has 1 fully saturated rings. The second-order valence-corrected chi connectivity index (χ2v) is 4.68. The first-order chi connectivity index (χ1) is 9.56. The normalized spacial score (nSPS) is 17.8. The monoisotopic (exact) mass is 279 g/mol. The third kappa shape index (κ3) is 3.67. The number of H-pyrrole nitrogens is 1. The van der Waals surface area contributed by atoms with E-state index in [-0.39, 0.29) is 11.8 Å². The Hall–Kier alpha value is -2.15. The summed E-state index contributed by atoms with van der Waals surface area (Å²) in [6.07, 6.45) is 1.81. The Morgan fingerprint density at radius 3 is 2.85 bits per heavy atom. The molecule has 108 valence electrons. The van der Waals surface area contributed by atoms with Crippen molar-refractivity contribution in [2.24, 2.45) is 0 Å². The largest absolute Gasteiger partial charge is 0.376 e. The van der Waals surface area contributed by atoms with E-state index in [9.17, 15) is 14.4 Å². The number of ether oxygens (including phenoxy) is 1. The zero-order valence-corrected chi connectivity index (χ0v) is 11.2. The number of pyridine rings is 1. The number of hydrogen-bond donors (Lipinski definition) is 3. The molecule has 1 saturated heterocycles. The molecule has 1 aromatic heterocycles. The molecule has 3 N–H and O–H groups in total. The number of aromatic amines is 1. The lowest BCUT2D eigenvalue weighted by molar-refractivity contribution is -0.136. The van der Waals surface area contributed by atoms with Crippen molar-refractivity contribution in [1.29, 1.82) is 0 Å². The zero-order valence-electron chi connectivity index (χ0n) is 11.2. The molecule has 1 atom stereocenters. The van der Waals surface area contributed by atoms with Gasteiger partial charge >= 0.3 is 11.8 Å². The minimum Gasteiger partial charge on any atom is -0.376 e. The van der Waals surface area contributed by atoms with E-state index in [1.807, 2.05) is 0 Å². The van der Waals surface area contributed by atoms with Gasteiger partial charge in [0, 0.05) is 18.8 Å². The van der Waals surface area contributed by atoms with Gasteiger partial charge in [0.1, 0.15) is 5.69 Å². The molecule has 1 aliphatic heterocycles. The van der Waals surface area contributed by atoms with Crippen LogP contribution in [0.4, 0.5) is 5.69 Å². The number of carbonyl (C=O) groups is 2. The van der Waals surface area contributed by atoms with Crippen molar-refractivity contribution in [1.82, 2.24) is 10.3 Å². The minimum absolute atomic E-state index is 0.0328. The predicted octanol–water partition coefficient (Wildman–Crippen LogP) is -0.0830. The summed E-state index contributed by atoms with van der Waals surface area (Å²) >= 11 is 0. The summed E-state index contributed by atoms with van der Waals surface area (Å²) < 4.78 is 5.33. The van der Waals surface area contributed by atoms with Gasteiger partial charge in [-0.25, -0.2) is 0 Å². The van der Waals surface area contributed by atoms with E-state index in [2.05, 4.69) is 15.6 Å². The topological polar surface area (TPSA) is 100 Å². The molecule has 1 aliphatic rings. The van der Waals surface area contributed by atoms with E-state index in [1.54, 1.807) is 13.0 Å². The predicted molar refractivity (Wildman–Crippen MR) is 72.4 cm³/mol. The van der Waals surface area contributed by atoms with E-state index in [0.29, 0.717) is 18.8 Å². The summed E-state index contributed by atoms with van der Waals surface area (Å²) in [4.78, 5) is 37.3. The highest BCUT2D eigenvalue weighted by Crippen LogP contribution is 2.10. The highest BCUT2D eigenvalue weighted by Gasteiger charge is 2.19. The molecule has 2 amide bonds. The van der Waals surface area contributed by atoms with Crippen LogP contribution in [0.25, 0.3) is 0 Å². The number of aryl methyl sites for hydroxylation is 1. The van der Waals surface area contributed by atoms with Crippen LogP contribution in [0.1, 0.15) is 18.5 Å². The highest BCUT2D eigenvalue weighted by atomic mass is 16.5. The molecular weight excluding hydrogens is 262 g/mol. The number of carbonyl (C=O) groups excluding carboxylic acids is 2. The number of rotatable bonds is 3. The Morgan fingerprint density at radius 1 is 1.40 bits per heavy atom. The van der Waals surface area contributed by atoms with Gasteiger partial charge in [-0.1, -0.05) is 0 Å². The van der Waals surface area contributed by atoms with Gasteiger partial charge in [0.05, 0.1) is 6.10 Å². The summed E-state index contributed by atoms with van der Waals surface area (Å²) in [6.45, 7) is 2.71. The molecule has 0 saturated carbocycles. The molecule has 0 spiro atoms. The fourth-order valence-corrected chi connectivity index (χ4v) is 1.94. The average Bonchev–Trinajstić information content (AvgIpc) is 2.92. The lowest BCUT2D eigenvalue weighted by Crippen LogP contribution is -2.40. The van der Waals surface area contributed by atoms with Crippen LogP contribution < -0.4 is 16.2 Å². The van der Waals surface area contributed by atoms with Gasteiger partial charge in [-0.15, -0.1) is 0 Å².